The number of hydrogen-bond donors (Lipinski definition) is 3. The summed E-state index contributed by atoms with van der Waals surface area (Å²) in [5.41, 5.74) is 0.212. The van der Waals surface area contributed by atoms with Crippen LogP contribution in [0.25, 0.3) is 0 Å². The standard InChI is InChI=1S/C14H25N3O3S/c1-4-5-6-7-14(2,3)10-17-13(18)12-8-11(9-16-12)21(15,19)20/h8-9,16H,4-7,10H2,1-3H3,(H,17,18)(H2,15,19,20). The smallest absolute Gasteiger partial charge is 0.267 e. The number of nitrogens with one attached hydrogen (secondary N) is 2. The Kier molecular flexibility index (Phi) is 5.98. The average molecular weight is 315 g/mol. The van der Waals surface area contributed by atoms with Crippen LogP contribution in [0, 0.1) is 5.41 Å². The zero-order chi connectivity index (χ0) is 16.1. The van der Waals surface area contributed by atoms with E-state index >= 15 is 0 Å². The molecule has 120 valence electrons. The maximum atomic E-state index is 12.0. The molecule has 1 amide bonds. The Hall–Kier alpha value is -1.34. The molecule has 0 atom stereocenters. The molecule has 0 aliphatic rings. The summed E-state index contributed by atoms with van der Waals surface area (Å²) in [6.07, 6.45) is 5.75. The molecule has 0 fully saturated rings. The molecule has 0 aliphatic heterocycles. The summed E-state index contributed by atoms with van der Waals surface area (Å²) >= 11 is 0. The molecule has 1 heterocycles. The second-order valence-corrected chi connectivity index (χ2v) is 7.66. The number of unbranched alkanes of at least 4 members (excludes halogenated alkanes) is 2. The van der Waals surface area contributed by atoms with Gasteiger partial charge in [-0.1, -0.05) is 40.0 Å². The van der Waals surface area contributed by atoms with Gasteiger partial charge in [0.05, 0.1) is 4.90 Å². The number of amides is 1. The van der Waals surface area contributed by atoms with E-state index in [1.165, 1.54) is 25.1 Å². The van der Waals surface area contributed by atoms with Crippen LogP contribution < -0.4 is 10.5 Å². The number of rotatable bonds is 8. The molecule has 0 aliphatic carbocycles. The third-order valence-corrected chi connectivity index (χ3v) is 4.31. The molecule has 0 aromatic carbocycles. The van der Waals surface area contributed by atoms with Crippen LogP contribution in [-0.2, 0) is 10.0 Å². The van der Waals surface area contributed by atoms with E-state index in [2.05, 4.69) is 31.1 Å². The van der Waals surface area contributed by atoms with Crippen molar-refractivity contribution in [3.05, 3.63) is 18.0 Å². The molecule has 4 N–H and O–H groups in total. The molecule has 0 bridgehead atoms. The minimum Gasteiger partial charge on any atom is -0.356 e. The van der Waals surface area contributed by atoms with Gasteiger partial charge in [-0.05, 0) is 17.9 Å². The minimum atomic E-state index is -3.79. The quantitative estimate of drug-likeness (QED) is 0.639. The number of carbonyl (C=O) groups excluding carboxylic acids is 1. The maximum absolute atomic E-state index is 12.0. The van der Waals surface area contributed by atoms with Gasteiger partial charge < -0.3 is 10.3 Å². The third-order valence-electron chi connectivity index (χ3n) is 3.41. The van der Waals surface area contributed by atoms with E-state index in [4.69, 9.17) is 5.14 Å². The van der Waals surface area contributed by atoms with Crippen molar-refractivity contribution in [3.8, 4) is 0 Å². The van der Waals surface area contributed by atoms with Crippen molar-refractivity contribution < 1.29 is 13.2 Å². The molecule has 21 heavy (non-hydrogen) atoms. The normalized spacial score (nSPS) is 12.4. The molecule has 6 nitrogen and oxygen atoms in total. The second kappa shape index (κ2) is 7.09. The van der Waals surface area contributed by atoms with Gasteiger partial charge in [0, 0.05) is 12.7 Å². The summed E-state index contributed by atoms with van der Waals surface area (Å²) in [4.78, 5) is 14.5. The number of sulfonamides is 1. The summed E-state index contributed by atoms with van der Waals surface area (Å²) in [5, 5.41) is 7.83. The fraction of sp³-hybridized carbons (Fsp3) is 0.643. The van der Waals surface area contributed by atoms with Crippen LogP contribution in [0.1, 0.15) is 56.9 Å². The van der Waals surface area contributed by atoms with E-state index in [0.717, 1.165) is 12.8 Å². The Labute approximate surface area is 126 Å². The molecule has 7 heteroatoms. The van der Waals surface area contributed by atoms with Crippen LogP contribution in [0.2, 0.25) is 0 Å². The van der Waals surface area contributed by atoms with Crippen LogP contribution in [0.4, 0.5) is 0 Å². The number of primary sulfonamides is 1. The highest BCUT2D eigenvalue weighted by atomic mass is 32.2. The molecular formula is C14H25N3O3S. The van der Waals surface area contributed by atoms with Gasteiger partial charge in [0.15, 0.2) is 0 Å². The molecule has 0 saturated carbocycles. The third kappa shape index (κ3) is 5.89. The Morgan fingerprint density at radius 3 is 2.57 bits per heavy atom. The van der Waals surface area contributed by atoms with Gasteiger partial charge in [-0.2, -0.15) is 0 Å². The SMILES string of the molecule is CCCCCC(C)(C)CNC(=O)c1cc(S(N)(=O)=O)c[nH]1. The number of H-pyrrole nitrogens is 1. The first-order chi connectivity index (χ1) is 9.65. The van der Waals surface area contributed by atoms with Crippen molar-refractivity contribution in [1.29, 1.82) is 0 Å². The predicted molar refractivity (Wildman–Crippen MR) is 82.4 cm³/mol. The first-order valence-electron chi connectivity index (χ1n) is 7.15. The van der Waals surface area contributed by atoms with Gasteiger partial charge in [-0.25, -0.2) is 13.6 Å². The van der Waals surface area contributed by atoms with Gasteiger partial charge in [0.2, 0.25) is 10.0 Å². The van der Waals surface area contributed by atoms with Crippen LogP contribution >= 0.6 is 0 Å². The lowest BCUT2D eigenvalue weighted by atomic mass is 9.87. The van der Waals surface area contributed by atoms with Gasteiger partial charge in [-0.15, -0.1) is 0 Å². The van der Waals surface area contributed by atoms with Crippen molar-refractivity contribution in [1.82, 2.24) is 10.3 Å². The maximum Gasteiger partial charge on any atom is 0.267 e. The topological polar surface area (TPSA) is 105 Å². The molecule has 1 aromatic heterocycles. The first kappa shape index (κ1) is 17.7. The Bertz CT molecular complexity index is 576. The van der Waals surface area contributed by atoms with Crippen LogP contribution in [-0.4, -0.2) is 25.9 Å². The molecular weight excluding hydrogens is 290 g/mol. The number of aromatic amines is 1. The zero-order valence-corrected chi connectivity index (χ0v) is 13.7. The first-order valence-corrected chi connectivity index (χ1v) is 8.70. The molecule has 0 radical (unpaired) electrons. The lowest BCUT2D eigenvalue weighted by Crippen LogP contribution is -2.34. The van der Waals surface area contributed by atoms with E-state index < -0.39 is 10.0 Å². The van der Waals surface area contributed by atoms with Gasteiger partial charge in [-0.3, -0.25) is 4.79 Å². The lowest BCUT2D eigenvalue weighted by molar-refractivity contribution is 0.0929. The fourth-order valence-corrected chi connectivity index (χ4v) is 2.53. The van der Waals surface area contributed by atoms with Gasteiger partial charge in [0.25, 0.3) is 5.91 Å². The molecule has 0 unspecified atom stereocenters. The zero-order valence-electron chi connectivity index (χ0n) is 12.9. The minimum absolute atomic E-state index is 0.0141. The Morgan fingerprint density at radius 2 is 2.05 bits per heavy atom. The largest absolute Gasteiger partial charge is 0.356 e. The predicted octanol–water partition coefficient (Wildman–Crippen LogP) is 2.00. The van der Waals surface area contributed by atoms with Crippen LogP contribution in [0.3, 0.4) is 0 Å². The Morgan fingerprint density at radius 1 is 1.38 bits per heavy atom. The molecule has 1 rings (SSSR count). The van der Waals surface area contributed by atoms with Crippen molar-refractivity contribution in [2.24, 2.45) is 10.6 Å². The summed E-state index contributed by atoms with van der Waals surface area (Å²) in [5.74, 6) is -0.325. The van der Waals surface area contributed by atoms with Gasteiger partial charge >= 0.3 is 0 Å². The number of aromatic nitrogens is 1. The van der Waals surface area contributed by atoms with E-state index in [0.29, 0.717) is 6.54 Å². The van der Waals surface area contributed by atoms with Crippen LogP contribution in [0.15, 0.2) is 17.2 Å². The lowest BCUT2D eigenvalue weighted by Gasteiger charge is -2.24. The number of carbonyl (C=O) groups is 1. The summed E-state index contributed by atoms with van der Waals surface area (Å²) in [6.45, 7) is 6.91. The summed E-state index contributed by atoms with van der Waals surface area (Å²) in [6, 6.07) is 1.24. The fourth-order valence-electron chi connectivity index (χ4n) is 2.03. The molecule has 1 aromatic rings. The number of nitrogens with two attached hydrogens (primary N) is 1. The van der Waals surface area contributed by atoms with E-state index in [-0.39, 0.29) is 21.9 Å². The van der Waals surface area contributed by atoms with Crippen molar-refractivity contribution >= 4 is 15.9 Å². The molecule has 0 saturated heterocycles. The monoisotopic (exact) mass is 315 g/mol. The highest BCUT2D eigenvalue weighted by molar-refractivity contribution is 7.89. The highest BCUT2D eigenvalue weighted by Crippen LogP contribution is 2.22. The Balaban J connectivity index is 2.55. The second-order valence-electron chi connectivity index (χ2n) is 6.10. The summed E-state index contributed by atoms with van der Waals surface area (Å²) in [7, 11) is -3.79. The van der Waals surface area contributed by atoms with Gasteiger partial charge in [0.1, 0.15) is 5.69 Å². The van der Waals surface area contributed by atoms with E-state index in [1.54, 1.807) is 0 Å². The van der Waals surface area contributed by atoms with Crippen molar-refractivity contribution in [2.75, 3.05) is 6.54 Å². The van der Waals surface area contributed by atoms with Crippen molar-refractivity contribution in [2.45, 2.75) is 51.3 Å². The van der Waals surface area contributed by atoms with E-state index in [9.17, 15) is 13.2 Å². The average Bonchev–Trinajstić information content (AvgIpc) is 2.85. The van der Waals surface area contributed by atoms with Crippen LogP contribution in [0.5, 0.6) is 0 Å². The number of hydrogen-bond acceptors (Lipinski definition) is 3. The highest BCUT2D eigenvalue weighted by Gasteiger charge is 2.20. The van der Waals surface area contributed by atoms with E-state index in [1.807, 2.05) is 0 Å². The van der Waals surface area contributed by atoms with Crippen molar-refractivity contribution in [3.63, 3.8) is 0 Å². The summed E-state index contributed by atoms with van der Waals surface area (Å²) < 4.78 is 22.3. The molecule has 0 spiro atoms.